The lowest BCUT2D eigenvalue weighted by molar-refractivity contribution is -0.136. The summed E-state index contributed by atoms with van der Waals surface area (Å²) in [5.41, 5.74) is -1.35. The predicted molar refractivity (Wildman–Crippen MR) is 50.3 cm³/mol. The van der Waals surface area contributed by atoms with Crippen molar-refractivity contribution in [2.45, 2.75) is 12.8 Å². The third-order valence-electron chi connectivity index (χ3n) is 1.80. The summed E-state index contributed by atoms with van der Waals surface area (Å²) in [6.45, 7) is 0. The zero-order valence-electron chi connectivity index (χ0n) is 7.75. The molecule has 0 aliphatic carbocycles. The molecule has 1 heterocycles. The maximum absolute atomic E-state index is 12.6. The quantitative estimate of drug-likeness (QED) is 0.887. The molecule has 0 radical (unpaired) electrons. The van der Waals surface area contributed by atoms with Crippen LogP contribution in [-0.2, 0) is 11.2 Å². The standard InChI is InChI=1S/C9H5ClF2N2O2/c10-5-3-14-6(1-7(15)16)4(2-13)8(5)9(11)12/h3,9H,1H2,(H,15,16). The first-order chi connectivity index (χ1) is 7.47. The Hall–Kier alpha value is -1.74. The van der Waals surface area contributed by atoms with Gasteiger partial charge in [-0.05, 0) is 0 Å². The summed E-state index contributed by atoms with van der Waals surface area (Å²) in [7, 11) is 0. The van der Waals surface area contributed by atoms with Gasteiger partial charge in [-0.25, -0.2) is 8.78 Å². The largest absolute Gasteiger partial charge is 0.481 e. The average Bonchev–Trinajstić information content (AvgIpc) is 2.18. The number of pyridine rings is 1. The number of carboxylic acid groups (broad SMARTS) is 1. The van der Waals surface area contributed by atoms with Gasteiger partial charge in [0.1, 0.15) is 6.07 Å². The number of nitriles is 1. The number of alkyl halides is 2. The van der Waals surface area contributed by atoms with Gasteiger partial charge in [0, 0.05) is 6.20 Å². The van der Waals surface area contributed by atoms with Crippen molar-refractivity contribution in [3.63, 3.8) is 0 Å². The van der Waals surface area contributed by atoms with E-state index in [1.807, 2.05) is 0 Å². The van der Waals surface area contributed by atoms with Crippen molar-refractivity contribution in [2.24, 2.45) is 0 Å². The van der Waals surface area contributed by atoms with Gasteiger partial charge in [-0.3, -0.25) is 9.78 Å². The molecule has 0 aliphatic heterocycles. The van der Waals surface area contributed by atoms with Gasteiger partial charge in [-0.1, -0.05) is 11.6 Å². The third kappa shape index (κ3) is 2.44. The number of hydrogen-bond acceptors (Lipinski definition) is 3. The van der Waals surface area contributed by atoms with Gasteiger partial charge in [-0.15, -0.1) is 0 Å². The SMILES string of the molecule is N#Cc1c(CC(=O)O)ncc(Cl)c1C(F)F. The van der Waals surface area contributed by atoms with Gasteiger partial charge < -0.3 is 5.11 Å². The van der Waals surface area contributed by atoms with Gasteiger partial charge in [0.25, 0.3) is 6.43 Å². The molecule has 0 amide bonds. The first kappa shape index (κ1) is 12.3. The maximum atomic E-state index is 12.6. The summed E-state index contributed by atoms with van der Waals surface area (Å²) in [5.74, 6) is -1.26. The van der Waals surface area contributed by atoms with E-state index in [-0.39, 0.29) is 10.7 Å². The van der Waals surface area contributed by atoms with E-state index in [0.717, 1.165) is 6.20 Å². The van der Waals surface area contributed by atoms with Crippen molar-refractivity contribution in [1.29, 1.82) is 5.26 Å². The van der Waals surface area contributed by atoms with E-state index in [9.17, 15) is 13.6 Å². The molecule has 1 N–H and O–H groups in total. The molecule has 1 aromatic rings. The molecule has 84 valence electrons. The van der Waals surface area contributed by atoms with Crippen molar-refractivity contribution >= 4 is 17.6 Å². The summed E-state index contributed by atoms with van der Waals surface area (Å²) in [6.07, 6.45) is -2.63. The molecule has 0 bridgehead atoms. The van der Waals surface area contributed by atoms with Crippen LogP contribution in [-0.4, -0.2) is 16.1 Å². The minimum absolute atomic E-state index is 0.213. The molecule has 16 heavy (non-hydrogen) atoms. The van der Waals surface area contributed by atoms with Gasteiger partial charge in [0.15, 0.2) is 0 Å². The summed E-state index contributed by atoms with van der Waals surface area (Å²) in [6, 6.07) is 1.50. The van der Waals surface area contributed by atoms with Gasteiger partial charge in [0.05, 0.1) is 28.3 Å². The highest BCUT2D eigenvalue weighted by molar-refractivity contribution is 6.31. The topological polar surface area (TPSA) is 74.0 Å². The number of hydrogen-bond donors (Lipinski definition) is 1. The van der Waals surface area contributed by atoms with E-state index in [2.05, 4.69) is 4.98 Å². The van der Waals surface area contributed by atoms with Crippen molar-refractivity contribution in [1.82, 2.24) is 4.98 Å². The van der Waals surface area contributed by atoms with E-state index in [1.165, 1.54) is 6.07 Å². The second-order valence-corrected chi connectivity index (χ2v) is 3.23. The van der Waals surface area contributed by atoms with E-state index in [4.69, 9.17) is 22.0 Å². The molecule has 1 rings (SSSR count). The smallest absolute Gasteiger partial charge is 0.309 e. The van der Waals surface area contributed by atoms with Crippen molar-refractivity contribution < 1.29 is 18.7 Å². The van der Waals surface area contributed by atoms with Gasteiger partial charge >= 0.3 is 5.97 Å². The molecule has 1 aromatic heterocycles. The molecule has 7 heteroatoms. The number of rotatable bonds is 3. The number of carboxylic acids is 1. The summed E-state index contributed by atoms with van der Waals surface area (Å²) in [4.78, 5) is 14.0. The van der Waals surface area contributed by atoms with Crippen LogP contribution in [0.5, 0.6) is 0 Å². The molecule has 4 nitrogen and oxygen atoms in total. The van der Waals surface area contributed by atoms with E-state index in [0.29, 0.717) is 0 Å². The molecule has 0 spiro atoms. The van der Waals surface area contributed by atoms with Crippen LogP contribution in [0.4, 0.5) is 8.78 Å². The van der Waals surface area contributed by atoms with Crippen LogP contribution < -0.4 is 0 Å². The molecule has 0 saturated carbocycles. The zero-order valence-corrected chi connectivity index (χ0v) is 8.50. The highest BCUT2D eigenvalue weighted by Gasteiger charge is 2.22. The fraction of sp³-hybridized carbons (Fsp3) is 0.222. The molecule has 0 saturated heterocycles. The molecule has 0 atom stereocenters. The lowest BCUT2D eigenvalue weighted by Gasteiger charge is -2.08. The maximum Gasteiger partial charge on any atom is 0.309 e. The summed E-state index contributed by atoms with van der Waals surface area (Å²) < 4.78 is 25.2. The summed E-state index contributed by atoms with van der Waals surface area (Å²) >= 11 is 5.47. The summed E-state index contributed by atoms with van der Waals surface area (Å²) in [5, 5.41) is 16.9. The van der Waals surface area contributed by atoms with Crippen LogP contribution in [0.3, 0.4) is 0 Å². The Bertz CT molecular complexity index is 471. The second-order valence-electron chi connectivity index (χ2n) is 2.82. The van der Waals surface area contributed by atoms with Gasteiger partial charge in [-0.2, -0.15) is 5.26 Å². The Morgan fingerprint density at radius 3 is 2.75 bits per heavy atom. The zero-order chi connectivity index (χ0) is 12.3. The molecular formula is C9H5ClF2N2O2. The first-order valence-corrected chi connectivity index (χ1v) is 4.42. The van der Waals surface area contributed by atoms with Crippen molar-refractivity contribution in [3.8, 4) is 6.07 Å². The Morgan fingerprint density at radius 1 is 1.69 bits per heavy atom. The second kappa shape index (κ2) is 4.86. The molecule has 0 fully saturated rings. The Labute approximate surface area is 94.1 Å². The highest BCUT2D eigenvalue weighted by Crippen LogP contribution is 2.30. The monoisotopic (exact) mass is 246 g/mol. The molecule has 0 unspecified atom stereocenters. The van der Waals surface area contributed by atoms with E-state index < -0.39 is 29.9 Å². The number of halogens is 3. The normalized spacial score (nSPS) is 10.2. The van der Waals surface area contributed by atoms with Crippen LogP contribution in [0.25, 0.3) is 0 Å². The Morgan fingerprint density at radius 2 is 2.31 bits per heavy atom. The number of nitrogens with zero attached hydrogens (tertiary/aromatic N) is 2. The Balaban J connectivity index is 3.38. The predicted octanol–water partition coefficient (Wildman–Crippen LogP) is 2.17. The fourth-order valence-electron chi connectivity index (χ4n) is 1.16. The number of aromatic nitrogens is 1. The van der Waals surface area contributed by atoms with E-state index >= 15 is 0 Å². The van der Waals surface area contributed by atoms with Crippen molar-refractivity contribution in [3.05, 3.63) is 28.0 Å². The lowest BCUT2D eigenvalue weighted by Crippen LogP contribution is -2.07. The van der Waals surface area contributed by atoms with E-state index in [1.54, 1.807) is 0 Å². The van der Waals surface area contributed by atoms with Crippen LogP contribution in [0, 0.1) is 11.3 Å². The molecule has 0 aliphatic rings. The van der Waals surface area contributed by atoms with Gasteiger partial charge in [0.2, 0.25) is 0 Å². The van der Waals surface area contributed by atoms with Crippen LogP contribution in [0.2, 0.25) is 5.02 Å². The van der Waals surface area contributed by atoms with Crippen LogP contribution in [0.15, 0.2) is 6.20 Å². The van der Waals surface area contributed by atoms with Crippen molar-refractivity contribution in [2.75, 3.05) is 0 Å². The fourth-order valence-corrected chi connectivity index (χ4v) is 1.38. The highest BCUT2D eigenvalue weighted by atomic mass is 35.5. The number of carbonyl (C=O) groups is 1. The third-order valence-corrected chi connectivity index (χ3v) is 2.10. The molecular weight excluding hydrogens is 242 g/mol. The molecule has 0 aromatic carbocycles. The number of aliphatic carboxylic acids is 1. The van der Waals surface area contributed by atoms with Crippen LogP contribution in [0.1, 0.15) is 23.2 Å². The average molecular weight is 247 g/mol. The first-order valence-electron chi connectivity index (χ1n) is 4.04. The lowest BCUT2D eigenvalue weighted by atomic mass is 10.1. The minimum atomic E-state index is -2.95. The minimum Gasteiger partial charge on any atom is -0.481 e. The Kier molecular flexibility index (Phi) is 3.74. The van der Waals surface area contributed by atoms with Crippen LogP contribution >= 0.6 is 11.6 Å².